The number of carbonyl (C=O) groups excluding carboxylic acids is 1. The number of fused-ring (bicyclic) bond motifs is 1. The van der Waals surface area contributed by atoms with Gasteiger partial charge in [0.25, 0.3) is 5.91 Å². The highest BCUT2D eigenvalue weighted by atomic mass is 16.4. The molecular weight excluding hydrogens is 268 g/mol. The highest BCUT2D eigenvalue weighted by molar-refractivity contribution is 5.96. The summed E-state index contributed by atoms with van der Waals surface area (Å²) in [6, 6.07) is 5.82. The number of nitrogens with one attached hydrogen (secondary N) is 1. The number of amides is 1. The van der Waals surface area contributed by atoms with Crippen LogP contribution in [-0.4, -0.2) is 41.5 Å². The van der Waals surface area contributed by atoms with Crippen LogP contribution in [-0.2, 0) is 17.8 Å². The molecule has 2 aliphatic rings. The molecular formula is C16H20N2O3. The molecule has 0 saturated carbocycles. The van der Waals surface area contributed by atoms with Crippen molar-refractivity contribution in [2.75, 3.05) is 19.6 Å². The van der Waals surface area contributed by atoms with Crippen LogP contribution in [0.3, 0.4) is 0 Å². The van der Waals surface area contributed by atoms with Crippen LogP contribution in [0.4, 0.5) is 0 Å². The normalized spacial score (nSPS) is 24.7. The fourth-order valence-electron chi connectivity index (χ4n) is 3.21. The Hall–Kier alpha value is -1.88. The molecule has 0 aliphatic carbocycles. The molecule has 1 aromatic carbocycles. The standard InChI is InChI=1S/C16H20N2O3/c1-16(15(20)21)6-8-18(10-16)14(19)13-4-2-3-11-9-17-7-5-12(11)13/h2-4,17H,5-10H2,1H3,(H,20,21). The van der Waals surface area contributed by atoms with Crippen molar-refractivity contribution >= 4 is 11.9 Å². The molecule has 2 N–H and O–H groups in total. The molecule has 0 bridgehead atoms. The molecule has 1 atom stereocenters. The van der Waals surface area contributed by atoms with E-state index in [-0.39, 0.29) is 5.91 Å². The largest absolute Gasteiger partial charge is 0.481 e. The summed E-state index contributed by atoms with van der Waals surface area (Å²) in [5.41, 5.74) is 2.22. The second-order valence-corrected chi connectivity index (χ2v) is 6.21. The maximum atomic E-state index is 12.7. The highest BCUT2D eigenvalue weighted by Gasteiger charge is 2.42. The summed E-state index contributed by atoms with van der Waals surface area (Å²) < 4.78 is 0. The molecule has 112 valence electrons. The molecule has 3 rings (SSSR count). The van der Waals surface area contributed by atoms with E-state index in [2.05, 4.69) is 5.32 Å². The topological polar surface area (TPSA) is 69.6 Å². The van der Waals surface area contributed by atoms with Crippen molar-refractivity contribution in [3.05, 3.63) is 34.9 Å². The first kappa shape index (κ1) is 14.1. The fourth-order valence-corrected chi connectivity index (χ4v) is 3.21. The molecule has 1 unspecified atom stereocenters. The van der Waals surface area contributed by atoms with Gasteiger partial charge in [0.2, 0.25) is 0 Å². The summed E-state index contributed by atoms with van der Waals surface area (Å²) in [5, 5.41) is 12.6. The Morgan fingerprint density at radius 1 is 1.38 bits per heavy atom. The number of carboxylic acids is 1. The number of carboxylic acid groups (broad SMARTS) is 1. The van der Waals surface area contributed by atoms with Gasteiger partial charge in [0.15, 0.2) is 0 Å². The molecule has 21 heavy (non-hydrogen) atoms. The number of hydrogen-bond acceptors (Lipinski definition) is 3. The number of rotatable bonds is 2. The Balaban J connectivity index is 1.86. The smallest absolute Gasteiger partial charge is 0.311 e. The predicted octanol–water partition coefficient (Wildman–Crippen LogP) is 1.27. The Bertz CT molecular complexity index is 599. The molecule has 1 saturated heterocycles. The summed E-state index contributed by atoms with van der Waals surface area (Å²) in [6.45, 7) is 4.20. The van der Waals surface area contributed by atoms with E-state index in [9.17, 15) is 14.7 Å². The van der Waals surface area contributed by atoms with Crippen molar-refractivity contribution in [3.8, 4) is 0 Å². The van der Waals surface area contributed by atoms with Crippen LogP contribution in [0.1, 0.15) is 34.8 Å². The second kappa shape index (κ2) is 5.15. The number of benzene rings is 1. The molecule has 2 heterocycles. The van der Waals surface area contributed by atoms with Gasteiger partial charge in [-0.2, -0.15) is 0 Å². The number of hydrogen-bond donors (Lipinski definition) is 2. The number of nitrogens with zero attached hydrogens (tertiary/aromatic N) is 1. The van der Waals surface area contributed by atoms with Gasteiger partial charge >= 0.3 is 5.97 Å². The first-order chi connectivity index (χ1) is 10.0. The lowest BCUT2D eigenvalue weighted by atomic mass is 9.90. The molecule has 1 fully saturated rings. The van der Waals surface area contributed by atoms with Crippen molar-refractivity contribution in [1.82, 2.24) is 10.2 Å². The summed E-state index contributed by atoms with van der Waals surface area (Å²) in [4.78, 5) is 25.7. The van der Waals surface area contributed by atoms with Gasteiger partial charge in [-0.25, -0.2) is 0 Å². The Labute approximate surface area is 123 Å². The number of aliphatic carboxylic acids is 1. The van der Waals surface area contributed by atoms with Crippen LogP contribution < -0.4 is 5.32 Å². The Kier molecular flexibility index (Phi) is 3.45. The van der Waals surface area contributed by atoms with E-state index in [4.69, 9.17) is 0 Å². The minimum absolute atomic E-state index is 0.0290. The molecule has 1 amide bonds. The number of carbonyl (C=O) groups is 2. The maximum Gasteiger partial charge on any atom is 0.311 e. The number of likely N-dealkylation sites (tertiary alicyclic amines) is 1. The zero-order chi connectivity index (χ0) is 15.0. The van der Waals surface area contributed by atoms with Gasteiger partial charge in [0.1, 0.15) is 0 Å². The molecule has 1 aromatic rings. The third kappa shape index (κ3) is 2.42. The summed E-state index contributed by atoms with van der Waals surface area (Å²) in [5.74, 6) is -0.851. The van der Waals surface area contributed by atoms with E-state index in [0.717, 1.165) is 30.6 Å². The van der Waals surface area contributed by atoms with Crippen LogP contribution in [0, 0.1) is 5.41 Å². The van der Waals surface area contributed by atoms with Gasteiger partial charge < -0.3 is 15.3 Å². The van der Waals surface area contributed by atoms with Crippen molar-refractivity contribution in [3.63, 3.8) is 0 Å². The van der Waals surface area contributed by atoms with Gasteiger partial charge in [-0.1, -0.05) is 12.1 Å². The van der Waals surface area contributed by atoms with Crippen molar-refractivity contribution in [2.24, 2.45) is 5.41 Å². The third-order valence-corrected chi connectivity index (χ3v) is 4.65. The first-order valence-electron chi connectivity index (χ1n) is 7.35. The van der Waals surface area contributed by atoms with E-state index in [1.165, 1.54) is 5.56 Å². The van der Waals surface area contributed by atoms with Gasteiger partial charge in [0.05, 0.1) is 5.41 Å². The predicted molar refractivity (Wildman–Crippen MR) is 78.1 cm³/mol. The highest BCUT2D eigenvalue weighted by Crippen LogP contribution is 2.32. The minimum Gasteiger partial charge on any atom is -0.481 e. The molecule has 0 radical (unpaired) electrons. The maximum absolute atomic E-state index is 12.7. The lowest BCUT2D eigenvalue weighted by molar-refractivity contribution is -0.147. The van der Waals surface area contributed by atoms with E-state index < -0.39 is 11.4 Å². The lowest BCUT2D eigenvalue weighted by Crippen LogP contribution is -2.36. The van der Waals surface area contributed by atoms with Gasteiger partial charge in [0, 0.05) is 25.2 Å². The van der Waals surface area contributed by atoms with E-state index in [1.54, 1.807) is 11.8 Å². The van der Waals surface area contributed by atoms with Crippen molar-refractivity contribution in [1.29, 1.82) is 0 Å². The monoisotopic (exact) mass is 288 g/mol. The zero-order valence-corrected chi connectivity index (χ0v) is 12.2. The molecule has 5 nitrogen and oxygen atoms in total. The average molecular weight is 288 g/mol. The average Bonchev–Trinajstić information content (AvgIpc) is 2.90. The van der Waals surface area contributed by atoms with Gasteiger partial charge in [-0.15, -0.1) is 0 Å². The summed E-state index contributed by atoms with van der Waals surface area (Å²) in [7, 11) is 0. The van der Waals surface area contributed by atoms with E-state index in [0.29, 0.717) is 19.5 Å². The quantitative estimate of drug-likeness (QED) is 0.860. The van der Waals surface area contributed by atoms with Crippen LogP contribution in [0.5, 0.6) is 0 Å². The van der Waals surface area contributed by atoms with Crippen LogP contribution in [0.15, 0.2) is 18.2 Å². The molecule has 0 spiro atoms. The van der Waals surface area contributed by atoms with E-state index >= 15 is 0 Å². The third-order valence-electron chi connectivity index (χ3n) is 4.65. The summed E-state index contributed by atoms with van der Waals surface area (Å²) in [6.07, 6.45) is 1.37. The Morgan fingerprint density at radius 2 is 2.19 bits per heavy atom. The van der Waals surface area contributed by atoms with Crippen LogP contribution in [0.25, 0.3) is 0 Å². The summed E-state index contributed by atoms with van der Waals surface area (Å²) >= 11 is 0. The Morgan fingerprint density at radius 3 is 2.90 bits per heavy atom. The minimum atomic E-state index is -0.822. The van der Waals surface area contributed by atoms with Crippen LogP contribution >= 0.6 is 0 Å². The first-order valence-corrected chi connectivity index (χ1v) is 7.35. The molecule has 2 aliphatic heterocycles. The van der Waals surface area contributed by atoms with Crippen molar-refractivity contribution in [2.45, 2.75) is 26.3 Å². The van der Waals surface area contributed by atoms with Gasteiger partial charge in [-0.05, 0) is 43.5 Å². The molecule has 0 aromatic heterocycles. The van der Waals surface area contributed by atoms with Crippen molar-refractivity contribution < 1.29 is 14.7 Å². The lowest BCUT2D eigenvalue weighted by Gasteiger charge is -2.24. The van der Waals surface area contributed by atoms with E-state index in [1.807, 2.05) is 18.2 Å². The van der Waals surface area contributed by atoms with Crippen LogP contribution in [0.2, 0.25) is 0 Å². The second-order valence-electron chi connectivity index (χ2n) is 6.21. The molecule has 5 heteroatoms. The SMILES string of the molecule is CC1(C(=O)O)CCN(C(=O)c2cccc3c2CCNC3)C1. The zero-order valence-electron chi connectivity index (χ0n) is 12.2. The van der Waals surface area contributed by atoms with Gasteiger partial charge in [-0.3, -0.25) is 9.59 Å². The fraction of sp³-hybridized carbons (Fsp3) is 0.500.